The molecule has 3 aliphatic heterocycles. The summed E-state index contributed by atoms with van der Waals surface area (Å²) in [5, 5.41) is 3.39. The SMILES string of the molecule is CC.CC/C(=C\C=C1/CC2=CCC(c3ccccc3C3=NC=CC=C=C3)=CC/C=C\2S1)n1c2c(c3cc(C4=C(C5CCCC=N5)C=C=CC=C4)ccc31)=CC(c1ccccc1-c1ccccn1)=CC=C=2. The van der Waals surface area contributed by atoms with Crippen molar-refractivity contribution in [2.75, 3.05) is 0 Å². The number of rotatable bonds is 9. The Balaban J connectivity index is 0.00000280. The van der Waals surface area contributed by atoms with Crippen LogP contribution in [0.25, 0.3) is 56.4 Å². The third kappa shape index (κ3) is 9.63. The first-order valence-electron chi connectivity index (χ1n) is 24.8. The van der Waals surface area contributed by atoms with Crippen molar-refractivity contribution in [2.45, 2.75) is 71.8 Å². The summed E-state index contributed by atoms with van der Waals surface area (Å²) in [6, 6.07) is 30.5. The van der Waals surface area contributed by atoms with Gasteiger partial charge in [-0.3, -0.25) is 15.0 Å². The van der Waals surface area contributed by atoms with Crippen LogP contribution in [0, 0.1) is 0 Å². The molecule has 0 radical (unpaired) electrons. The maximum absolute atomic E-state index is 4.98. The summed E-state index contributed by atoms with van der Waals surface area (Å²) in [7, 11) is 0. The molecule has 6 aliphatic rings. The number of hydrogen-bond acceptors (Lipinski definition) is 4. The highest BCUT2D eigenvalue weighted by molar-refractivity contribution is 8.07. The second-order valence-electron chi connectivity index (χ2n) is 17.4. The van der Waals surface area contributed by atoms with Crippen LogP contribution >= 0.6 is 11.8 Å². The van der Waals surface area contributed by atoms with Gasteiger partial charge in [0.2, 0.25) is 0 Å². The van der Waals surface area contributed by atoms with E-state index in [-0.39, 0.29) is 6.04 Å². The van der Waals surface area contributed by atoms with Crippen molar-refractivity contribution in [2.24, 2.45) is 9.98 Å². The molecule has 0 saturated carbocycles. The van der Waals surface area contributed by atoms with Crippen molar-refractivity contribution in [3.05, 3.63) is 248 Å². The number of nitrogens with zero attached hydrogens (tertiary/aromatic N) is 4. The monoisotopic (exact) mass is 924 g/mol. The second-order valence-corrected chi connectivity index (χ2v) is 18.6. The fourth-order valence-corrected chi connectivity index (χ4v) is 11.1. The average molecular weight is 925 g/mol. The van der Waals surface area contributed by atoms with E-state index in [1.54, 1.807) is 0 Å². The van der Waals surface area contributed by atoms with E-state index in [1.807, 2.05) is 68.4 Å². The number of hydrogen-bond donors (Lipinski definition) is 0. The van der Waals surface area contributed by atoms with Crippen LogP contribution in [0.5, 0.6) is 0 Å². The molecule has 0 N–H and O–H groups in total. The molecule has 1 atom stereocenters. The highest BCUT2D eigenvalue weighted by Crippen LogP contribution is 2.46. The molecule has 5 heteroatoms. The number of thioether (sulfide) groups is 1. The number of fused-ring (bicyclic) bond motifs is 4. The lowest BCUT2D eigenvalue weighted by atomic mass is 9.90. The van der Waals surface area contributed by atoms with Crippen LogP contribution in [-0.4, -0.2) is 27.5 Å². The Hall–Kier alpha value is -7.74. The first-order chi connectivity index (χ1) is 34.7. The molecular formula is C65H56N4S. The summed E-state index contributed by atoms with van der Waals surface area (Å²) in [5.74, 6) is 0. The minimum absolute atomic E-state index is 0.121. The third-order valence-electron chi connectivity index (χ3n) is 13.3. The Labute approximate surface area is 416 Å². The van der Waals surface area contributed by atoms with Gasteiger partial charge in [-0.25, -0.2) is 0 Å². The molecule has 5 aromatic rings. The van der Waals surface area contributed by atoms with Gasteiger partial charge in [-0.05, 0) is 167 Å². The highest BCUT2D eigenvalue weighted by Gasteiger charge is 2.23. The van der Waals surface area contributed by atoms with E-state index in [1.165, 1.54) is 54.3 Å². The van der Waals surface area contributed by atoms with Crippen molar-refractivity contribution < 1.29 is 0 Å². The van der Waals surface area contributed by atoms with Crippen molar-refractivity contribution in [3.8, 4) is 11.3 Å². The quantitative estimate of drug-likeness (QED) is 0.138. The largest absolute Gasteiger partial charge is 0.306 e. The van der Waals surface area contributed by atoms with E-state index < -0.39 is 0 Å². The predicted octanol–water partition coefficient (Wildman–Crippen LogP) is 15.2. The van der Waals surface area contributed by atoms with Crippen molar-refractivity contribution >= 4 is 68.8 Å². The smallest absolute Gasteiger partial charge is 0.0968 e. The number of pyridine rings is 1. The molecular weight excluding hydrogens is 869 g/mol. The molecule has 11 rings (SSSR count). The first-order valence-corrected chi connectivity index (χ1v) is 25.6. The molecule has 342 valence electrons. The fourth-order valence-electron chi connectivity index (χ4n) is 9.96. The summed E-state index contributed by atoms with van der Waals surface area (Å²) in [4.78, 5) is 17.2. The molecule has 1 saturated heterocycles. The van der Waals surface area contributed by atoms with Gasteiger partial charge in [-0.1, -0.05) is 135 Å². The Morgan fingerprint density at radius 1 is 0.843 bits per heavy atom. The van der Waals surface area contributed by atoms with E-state index in [9.17, 15) is 0 Å². The number of aromatic nitrogens is 2. The summed E-state index contributed by atoms with van der Waals surface area (Å²) < 4.78 is 2.44. The van der Waals surface area contributed by atoms with Gasteiger partial charge >= 0.3 is 0 Å². The molecule has 1 unspecified atom stereocenters. The van der Waals surface area contributed by atoms with Gasteiger partial charge in [0.15, 0.2) is 0 Å². The zero-order valence-corrected chi connectivity index (χ0v) is 41.0. The molecule has 3 aromatic carbocycles. The summed E-state index contributed by atoms with van der Waals surface area (Å²) in [5.41, 5.74) is 26.7. The number of allylic oxidation sites excluding steroid dienone is 17. The predicted molar refractivity (Wildman–Crippen MR) is 300 cm³/mol. The standard InChI is InChI=1S/C63H50N4S.C2H6/c1-2-48(35-36-49-41-47-33-32-44(19-18-31-63(47)68-49)50-22-8-10-25-53(50)58-27-7-4-14-38-64-58)67-61-30-17-20-45(51-23-9-11-26-55(51)60-29-13-16-40-66-60)42-56(61)57-43-46(34-37-62(57)67)52-21-5-3-6-24-54(52)59-28-12-15-39-65-59;1-2/h3-5,8-11,13-14,16-17,19-27,29,31,33-40,42-43,59H,2,12,15,18,28,32,41H2,1H3;1-2H3/b44-19?,47-33?,48-35+,49-36+,63-31+;. The van der Waals surface area contributed by atoms with Crippen LogP contribution in [0.15, 0.2) is 225 Å². The zero-order valence-electron chi connectivity index (χ0n) is 40.2. The molecule has 2 aromatic heterocycles. The fraction of sp³-hybridized carbons (Fsp3) is 0.169. The van der Waals surface area contributed by atoms with Crippen LogP contribution in [0.4, 0.5) is 0 Å². The van der Waals surface area contributed by atoms with Gasteiger partial charge in [0.25, 0.3) is 0 Å². The topological polar surface area (TPSA) is 42.5 Å². The highest BCUT2D eigenvalue weighted by atomic mass is 32.2. The van der Waals surface area contributed by atoms with Crippen molar-refractivity contribution in [3.63, 3.8) is 0 Å². The third-order valence-corrected chi connectivity index (χ3v) is 14.5. The zero-order chi connectivity index (χ0) is 47.7. The lowest BCUT2D eigenvalue weighted by Gasteiger charge is -2.20. The van der Waals surface area contributed by atoms with Gasteiger partial charge < -0.3 is 4.57 Å². The number of benzene rings is 3. The molecule has 1 fully saturated rings. The molecule has 5 heterocycles. The Kier molecular flexibility index (Phi) is 14.3. The minimum Gasteiger partial charge on any atom is -0.306 e. The maximum atomic E-state index is 4.98. The lowest BCUT2D eigenvalue weighted by Crippen LogP contribution is -2.27. The normalized spacial score (nSPS) is 19.5. The van der Waals surface area contributed by atoms with Gasteiger partial charge in [-0.15, -0.1) is 11.5 Å². The van der Waals surface area contributed by atoms with E-state index in [0.29, 0.717) is 0 Å². The van der Waals surface area contributed by atoms with Crippen LogP contribution in [0.3, 0.4) is 0 Å². The Bertz CT molecular complexity index is 3560. The van der Waals surface area contributed by atoms with E-state index >= 15 is 0 Å². The van der Waals surface area contributed by atoms with E-state index in [4.69, 9.17) is 15.0 Å². The Morgan fingerprint density at radius 2 is 1.67 bits per heavy atom. The van der Waals surface area contributed by atoms with Crippen LogP contribution in [0.1, 0.15) is 88.0 Å². The minimum atomic E-state index is 0.121. The summed E-state index contributed by atoms with van der Waals surface area (Å²) in [6.07, 6.45) is 45.4. The van der Waals surface area contributed by atoms with E-state index in [2.05, 4.69) is 181 Å². The summed E-state index contributed by atoms with van der Waals surface area (Å²) >= 11 is 1.91. The molecule has 0 spiro atoms. The molecule has 0 bridgehead atoms. The summed E-state index contributed by atoms with van der Waals surface area (Å²) in [6.45, 7) is 6.26. The Morgan fingerprint density at radius 3 is 2.51 bits per heavy atom. The average Bonchev–Trinajstić information content (AvgIpc) is 3.61. The van der Waals surface area contributed by atoms with E-state index in [0.717, 1.165) is 94.7 Å². The molecule has 3 aliphatic carbocycles. The second kappa shape index (κ2) is 21.7. The van der Waals surface area contributed by atoms with Gasteiger partial charge in [0.1, 0.15) is 0 Å². The van der Waals surface area contributed by atoms with Crippen LogP contribution in [0.2, 0.25) is 0 Å². The molecule has 70 heavy (non-hydrogen) atoms. The van der Waals surface area contributed by atoms with Gasteiger partial charge in [0.05, 0.1) is 28.3 Å². The van der Waals surface area contributed by atoms with Crippen LogP contribution < -0.4 is 10.6 Å². The van der Waals surface area contributed by atoms with Crippen molar-refractivity contribution in [1.29, 1.82) is 0 Å². The first kappa shape index (κ1) is 46.0. The van der Waals surface area contributed by atoms with Gasteiger partial charge in [0, 0.05) is 57.2 Å². The number of aliphatic imine (C=N–C) groups is 2. The van der Waals surface area contributed by atoms with Crippen LogP contribution in [-0.2, 0) is 0 Å². The molecule has 0 amide bonds. The van der Waals surface area contributed by atoms with Crippen molar-refractivity contribution in [1.82, 2.24) is 9.55 Å². The van der Waals surface area contributed by atoms with Gasteiger partial charge in [-0.2, -0.15) is 0 Å². The molecule has 4 nitrogen and oxygen atoms in total. The maximum Gasteiger partial charge on any atom is 0.0968 e. The lowest BCUT2D eigenvalue weighted by molar-refractivity contribution is 0.646.